The van der Waals surface area contributed by atoms with Crippen LogP contribution in [0.15, 0.2) is 176 Å². The maximum absolute atomic E-state index is 15.0. The topological polar surface area (TPSA) is 129 Å². The molecule has 0 N–H and O–H groups in total. The van der Waals surface area contributed by atoms with Crippen molar-refractivity contribution in [2.24, 2.45) is 0 Å². The van der Waals surface area contributed by atoms with Gasteiger partial charge in [0.05, 0.1) is 103 Å². The van der Waals surface area contributed by atoms with Crippen molar-refractivity contribution in [3.63, 3.8) is 0 Å². The van der Waals surface area contributed by atoms with Crippen LogP contribution in [0.25, 0.3) is 99.5 Å². The summed E-state index contributed by atoms with van der Waals surface area (Å²) in [5, 5.41) is 52.6. The molecule has 0 aliphatic carbocycles. The van der Waals surface area contributed by atoms with E-state index in [4.69, 9.17) is 0 Å². The number of benzene rings is 9. The summed E-state index contributed by atoms with van der Waals surface area (Å²) in [6.45, 7) is 0. The fourth-order valence-corrected chi connectivity index (χ4v) is 10.2. The lowest BCUT2D eigenvalue weighted by molar-refractivity contribution is -0.142. The maximum Gasteiger partial charge on any atom is 0.417 e. The lowest BCUT2D eigenvalue weighted by Gasteiger charge is -2.22. The molecule has 0 bridgehead atoms. The van der Waals surface area contributed by atoms with E-state index in [0.29, 0.717) is 101 Å². The normalized spacial score (nSPS) is 11.6. The molecule has 0 spiro atoms. The van der Waals surface area contributed by atoms with Gasteiger partial charge in [0, 0.05) is 38.2 Å². The van der Waals surface area contributed by atoms with Crippen molar-refractivity contribution < 1.29 is 26.3 Å². The van der Waals surface area contributed by atoms with Gasteiger partial charge >= 0.3 is 12.4 Å². The Labute approximate surface area is 417 Å². The number of hydrogen-bond donors (Lipinski definition) is 0. The number of nitriles is 5. The van der Waals surface area contributed by atoms with Gasteiger partial charge in [0.1, 0.15) is 0 Å². The van der Waals surface area contributed by atoms with Gasteiger partial charge in [-0.05, 0) is 119 Å². The zero-order chi connectivity index (χ0) is 51.6. The third kappa shape index (κ3) is 7.51. The fourth-order valence-electron chi connectivity index (χ4n) is 10.2. The standard InChI is InChI=1S/C61H29F6N7/c62-60(63,64)51-8-5-9-52(61(65,66)67)59(51)40-15-21-48(58(29-40)74-54-11-4-2-7-46(54)50-28-39(17-23-56(50)74)44-19-13-36(31-69)25-42(44)34-72)47-20-14-37(32-70)26-57(47)73-53-10-3-1-6-45(53)49-27-38(16-22-55(49)73)43-18-12-35(30-68)24-41(43)33-71/h1-29H. The zero-order valence-corrected chi connectivity index (χ0v) is 38.1. The Morgan fingerprint density at radius 3 is 1.16 bits per heavy atom. The number of hydrogen-bond acceptors (Lipinski definition) is 5. The van der Waals surface area contributed by atoms with Crippen molar-refractivity contribution in [1.82, 2.24) is 9.13 Å². The Morgan fingerprint density at radius 2 is 0.716 bits per heavy atom. The molecular weight excluding hydrogens is 945 g/mol. The minimum atomic E-state index is -5.18. The predicted octanol–water partition coefficient (Wildman–Crippen LogP) is 15.9. The molecular formula is C61H29F6N7. The number of rotatable bonds is 6. The van der Waals surface area contributed by atoms with E-state index in [9.17, 15) is 52.7 Å². The monoisotopic (exact) mass is 973 g/mol. The second-order valence-corrected chi connectivity index (χ2v) is 17.4. The molecule has 0 fully saturated rings. The van der Waals surface area contributed by atoms with Crippen LogP contribution < -0.4 is 0 Å². The molecule has 0 aliphatic rings. The van der Waals surface area contributed by atoms with Crippen molar-refractivity contribution in [2.45, 2.75) is 12.4 Å². The summed E-state index contributed by atoms with van der Waals surface area (Å²) < 4.78 is 93.6. The second-order valence-electron chi connectivity index (χ2n) is 17.4. The van der Waals surface area contributed by atoms with E-state index in [2.05, 4.69) is 30.3 Å². The molecule has 9 aromatic carbocycles. The van der Waals surface area contributed by atoms with Crippen LogP contribution in [-0.4, -0.2) is 9.13 Å². The van der Waals surface area contributed by atoms with Gasteiger partial charge in [0.15, 0.2) is 0 Å². The van der Waals surface area contributed by atoms with E-state index in [1.165, 1.54) is 30.3 Å². The quantitative estimate of drug-likeness (QED) is 0.153. The van der Waals surface area contributed by atoms with Gasteiger partial charge in [-0.25, -0.2) is 0 Å². The van der Waals surface area contributed by atoms with Crippen molar-refractivity contribution in [1.29, 1.82) is 26.3 Å². The molecule has 7 nitrogen and oxygen atoms in total. The second kappa shape index (κ2) is 17.5. The SMILES string of the molecule is N#Cc1ccc(-c2ccc3c(c2)c2ccccc2n3-c2cc(C#N)ccc2-c2ccc(-c3c(C(F)(F)F)cccc3C(F)(F)F)cc2-n2c3ccccc3c3cc(-c4ccc(C#N)cc4C#N)ccc32)c(C#N)c1. The van der Waals surface area contributed by atoms with Crippen molar-refractivity contribution in [3.05, 3.63) is 215 Å². The number of fused-ring (bicyclic) bond motifs is 6. The molecule has 0 saturated heterocycles. The largest absolute Gasteiger partial charge is 0.417 e. The zero-order valence-electron chi connectivity index (χ0n) is 38.1. The highest BCUT2D eigenvalue weighted by Gasteiger charge is 2.41. The first-order valence-corrected chi connectivity index (χ1v) is 22.7. The third-order valence-electron chi connectivity index (χ3n) is 13.4. The van der Waals surface area contributed by atoms with Gasteiger partial charge in [-0.2, -0.15) is 52.7 Å². The molecule has 0 radical (unpaired) electrons. The van der Waals surface area contributed by atoms with Gasteiger partial charge in [-0.3, -0.25) is 0 Å². The van der Waals surface area contributed by atoms with E-state index >= 15 is 0 Å². The summed E-state index contributed by atoms with van der Waals surface area (Å²) in [5.74, 6) is 0. The lowest BCUT2D eigenvalue weighted by atomic mass is 9.90. The summed E-state index contributed by atoms with van der Waals surface area (Å²) in [6, 6.07) is 57.3. The van der Waals surface area contributed by atoms with Gasteiger partial charge < -0.3 is 9.13 Å². The average Bonchev–Trinajstić information content (AvgIpc) is 3.94. The molecule has 0 unspecified atom stereocenters. The summed E-state index contributed by atoms with van der Waals surface area (Å²) in [7, 11) is 0. The van der Waals surface area contributed by atoms with Crippen LogP contribution in [0.3, 0.4) is 0 Å². The van der Waals surface area contributed by atoms with Gasteiger partial charge in [-0.15, -0.1) is 0 Å². The first-order valence-electron chi connectivity index (χ1n) is 22.7. The molecule has 2 aromatic heterocycles. The number of halogens is 6. The minimum Gasteiger partial charge on any atom is -0.309 e. The van der Waals surface area contributed by atoms with Gasteiger partial charge in [-0.1, -0.05) is 84.9 Å². The molecule has 11 rings (SSSR count). The summed E-state index contributed by atoms with van der Waals surface area (Å²) in [6.07, 6.45) is -10.4. The van der Waals surface area contributed by atoms with Gasteiger partial charge in [0.25, 0.3) is 0 Å². The number of para-hydroxylation sites is 2. The minimum absolute atomic E-state index is 0.210. The predicted molar refractivity (Wildman–Crippen MR) is 270 cm³/mol. The molecule has 350 valence electrons. The average molecular weight is 974 g/mol. The van der Waals surface area contributed by atoms with E-state index < -0.39 is 29.0 Å². The number of aromatic nitrogens is 2. The van der Waals surface area contributed by atoms with Crippen LogP contribution in [0, 0.1) is 56.7 Å². The van der Waals surface area contributed by atoms with E-state index in [-0.39, 0.29) is 22.4 Å². The smallest absolute Gasteiger partial charge is 0.309 e. The molecule has 0 saturated carbocycles. The van der Waals surface area contributed by atoms with Crippen LogP contribution in [-0.2, 0) is 12.4 Å². The Kier molecular flexibility index (Phi) is 10.9. The molecule has 0 amide bonds. The Balaban J connectivity index is 1.23. The van der Waals surface area contributed by atoms with Crippen molar-refractivity contribution in [2.75, 3.05) is 0 Å². The van der Waals surface area contributed by atoms with Crippen LogP contribution in [0.5, 0.6) is 0 Å². The van der Waals surface area contributed by atoms with E-state index in [1.54, 1.807) is 71.3 Å². The Bertz CT molecular complexity index is 4390. The van der Waals surface area contributed by atoms with Crippen LogP contribution >= 0.6 is 0 Å². The first-order chi connectivity index (χ1) is 35.7. The lowest BCUT2D eigenvalue weighted by Crippen LogP contribution is -2.14. The van der Waals surface area contributed by atoms with Crippen LogP contribution in [0.1, 0.15) is 38.9 Å². The summed E-state index contributed by atoms with van der Waals surface area (Å²) in [5.41, 5.74) is 3.53. The number of alkyl halides is 6. The first kappa shape index (κ1) is 46.0. The van der Waals surface area contributed by atoms with Crippen molar-refractivity contribution in [3.8, 4) is 86.2 Å². The van der Waals surface area contributed by atoms with E-state index in [1.807, 2.05) is 65.2 Å². The summed E-state index contributed by atoms with van der Waals surface area (Å²) in [4.78, 5) is 0. The van der Waals surface area contributed by atoms with Crippen molar-refractivity contribution >= 4 is 43.6 Å². The Hall–Kier alpha value is -10.4. The molecule has 0 atom stereocenters. The highest BCUT2D eigenvalue weighted by molar-refractivity contribution is 6.13. The molecule has 2 heterocycles. The summed E-state index contributed by atoms with van der Waals surface area (Å²) >= 11 is 0. The highest BCUT2D eigenvalue weighted by Crippen LogP contribution is 2.48. The van der Waals surface area contributed by atoms with Crippen LogP contribution in [0.4, 0.5) is 26.3 Å². The number of nitrogens with zero attached hydrogens (tertiary/aromatic N) is 7. The molecule has 11 aromatic rings. The highest BCUT2D eigenvalue weighted by atomic mass is 19.4. The molecule has 13 heteroatoms. The van der Waals surface area contributed by atoms with Gasteiger partial charge in [0.2, 0.25) is 0 Å². The maximum atomic E-state index is 15.0. The van der Waals surface area contributed by atoms with Crippen LogP contribution in [0.2, 0.25) is 0 Å². The molecule has 74 heavy (non-hydrogen) atoms. The fraction of sp³-hybridized carbons (Fsp3) is 0.0328. The third-order valence-corrected chi connectivity index (χ3v) is 13.4. The Morgan fingerprint density at radius 1 is 0.324 bits per heavy atom. The molecule has 0 aliphatic heterocycles. The van der Waals surface area contributed by atoms with E-state index in [0.717, 1.165) is 16.8 Å².